The largest absolute Gasteiger partial charge is 0.496 e. The zero-order valence-corrected chi connectivity index (χ0v) is 31.7. The number of carbonyl (C=O) groups is 3. The number of aliphatic hydroxyl groups excluding tert-OH is 1. The molecule has 0 aromatic heterocycles. The summed E-state index contributed by atoms with van der Waals surface area (Å²) in [6.45, 7) is 5.92. The molecule has 1 saturated heterocycles. The molecule has 1 heterocycles. The maximum Gasteiger partial charge on any atom is 0.328 e. The number of hydrogen-bond donors (Lipinski definition) is 3. The summed E-state index contributed by atoms with van der Waals surface area (Å²) in [6.07, 6.45) is -1.33. The number of rotatable bonds is 17. The number of nitrogens with two attached hydrogens (primary N) is 1. The molecule has 4 amide bonds. The summed E-state index contributed by atoms with van der Waals surface area (Å²) in [7, 11) is -2.83. The molecule has 0 saturated carbocycles. The highest BCUT2D eigenvalue weighted by Crippen LogP contribution is 2.29. The zero-order valence-electron chi connectivity index (χ0n) is 30.1. The average Bonchev–Trinajstić information content (AvgIpc) is 3.36. The second-order valence-corrected chi connectivity index (χ2v) is 15.9. The van der Waals surface area contributed by atoms with Gasteiger partial charge in [-0.25, -0.2) is 13.2 Å². The van der Waals surface area contributed by atoms with E-state index in [4.69, 9.17) is 22.1 Å². The summed E-state index contributed by atoms with van der Waals surface area (Å²) < 4.78 is 34.2. The highest BCUT2D eigenvalue weighted by molar-refractivity contribution is 7.89. The van der Waals surface area contributed by atoms with Gasteiger partial charge in [0.25, 0.3) is 11.6 Å². The van der Waals surface area contributed by atoms with Crippen LogP contribution in [0, 0.1) is 22.0 Å². The van der Waals surface area contributed by atoms with Crippen molar-refractivity contribution in [2.24, 2.45) is 11.8 Å². The lowest BCUT2D eigenvalue weighted by atomic mass is 9.97. The van der Waals surface area contributed by atoms with Crippen LogP contribution < -0.4 is 15.8 Å². The SMILES string of the molecule is COc1ccc([N+](=O)[O-])cc1CN1C(=O)CN([C@H](C(=O)N[C@@H](Cc2ccccc2)[C@@H](O)CN(CC(C)C)S(=O)(=O)c2ccc(Cl)c(N)c2)C(C)C)C1=O. The van der Waals surface area contributed by atoms with E-state index in [0.29, 0.717) is 0 Å². The summed E-state index contributed by atoms with van der Waals surface area (Å²) in [5.74, 6) is -1.71. The van der Waals surface area contributed by atoms with Gasteiger partial charge < -0.3 is 25.8 Å². The molecule has 1 fully saturated rings. The molecule has 3 aromatic rings. The Balaban J connectivity index is 1.62. The number of aliphatic hydroxyl groups is 1. The number of nitrogens with one attached hydrogen (secondary N) is 1. The number of nitrogens with zero attached hydrogens (tertiary/aromatic N) is 4. The Kier molecular flexibility index (Phi) is 13.4. The Bertz CT molecular complexity index is 1930. The van der Waals surface area contributed by atoms with Crippen molar-refractivity contribution in [2.45, 2.75) is 63.7 Å². The molecule has 0 radical (unpaired) electrons. The van der Waals surface area contributed by atoms with Crippen LogP contribution in [0.1, 0.15) is 38.8 Å². The van der Waals surface area contributed by atoms with E-state index in [1.165, 1.54) is 43.5 Å². The lowest BCUT2D eigenvalue weighted by Crippen LogP contribution is -2.57. The van der Waals surface area contributed by atoms with Crippen molar-refractivity contribution in [3.8, 4) is 5.75 Å². The van der Waals surface area contributed by atoms with Gasteiger partial charge in [0, 0.05) is 30.8 Å². The predicted molar refractivity (Wildman–Crippen MR) is 198 cm³/mol. The van der Waals surface area contributed by atoms with Crippen molar-refractivity contribution in [3.63, 3.8) is 0 Å². The number of amides is 4. The normalized spacial score (nSPS) is 15.3. The first-order chi connectivity index (χ1) is 24.9. The molecule has 1 aliphatic rings. The van der Waals surface area contributed by atoms with Crippen molar-refractivity contribution >= 4 is 50.8 Å². The van der Waals surface area contributed by atoms with Crippen LogP contribution in [0.5, 0.6) is 5.75 Å². The zero-order chi connectivity index (χ0) is 39.2. The summed E-state index contributed by atoms with van der Waals surface area (Å²) in [6, 6.07) is 13.8. The van der Waals surface area contributed by atoms with Crippen molar-refractivity contribution in [2.75, 3.05) is 32.5 Å². The van der Waals surface area contributed by atoms with Crippen LogP contribution in [0.2, 0.25) is 5.02 Å². The number of sulfonamides is 1. The number of nitrogen functional groups attached to an aromatic ring is 1. The van der Waals surface area contributed by atoms with Crippen molar-refractivity contribution in [3.05, 3.63) is 93.0 Å². The summed E-state index contributed by atoms with van der Waals surface area (Å²) in [5, 5.41) is 26.2. The van der Waals surface area contributed by atoms with Crippen LogP contribution >= 0.6 is 11.6 Å². The van der Waals surface area contributed by atoms with Gasteiger partial charge in [-0.2, -0.15) is 4.31 Å². The van der Waals surface area contributed by atoms with E-state index in [-0.39, 0.29) is 58.0 Å². The van der Waals surface area contributed by atoms with Crippen molar-refractivity contribution in [1.82, 2.24) is 19.4 Å². The van der Waals surface area contributed by atoms with E-state index < -0.39 is 70.0 Å². The van der Waals surface area contributed by atoms with E-state index in [1.54, 1.807) is 38.1 Å². The molecule has 4 N–H and O–H groups in total. The molecule has 53 heavy (non-hydrogen) atoms. The Hall–Kier alpha value is -4.77. The van der Waals surface area contributed by atoms with Gasteiger partial charge in [-0.3, -0.25) is 24.6 Å². The third-order valence-corrected chi connectivity index (χ3v) is 10.9. The molecular formula is C36H45ClN6O9S. The van der Waals surface area contributed by atoms with Gasteiger partial charge in [0.05, 0.1) is 46.3 Å². The van der Waals surface area contributed by atoms with Crippen LogP contribution in [0.3, 0.4) is 0 Å². The number of halogens is 1. The molecule has 3 atom stereocenters. The van der Waals surface area contributed by atoms with Gasteiger partial charge in [0.15, 0.2) is 0 Å². The minimum absolute atomic E-state index is 0.0398. The monoisotopic (exact) mass is 772 g/mol. The number of ether oxygens (including phenoxy) is 1. The summed E-state index contributed by atoms with van der Waals surface area (Å²) >= 11 is 6.04. The Morgan fingerprint density at radius 2 is 1.75 bits per heavy atom. The second-order valence-electron chi connectivity index (χ2n) is 13.6. The van der Waals surface area contributed by atoms with Crippen LogP contribution in [0.4, 0.5) is 16.2 Å². The first-order valence-corrected chi connectivity index (χ1v) is 18.8. The maximum atomic E-state index is 14.2. The molecule has 286 valence electrons. The van der Waals surface area contributed by atoms with Crippen molar-refractivity contribution < 1.29 is 37.6 Å². The molecule has 0 unspecified atom stereocenters. The maximum absolute atomic E-state index is 14.2. The highest BCUT2D eigenvalue weighted by Gasteiger charge is 2.44. The molecular weight excluding hydrogens is 728 g/mol. The van der Waals surface area contributed by atoms with E-state index in [2.05, 4.69) is 5.32 Å². The van der Waals surface area contributed by atoms with Crippen molar-refractivity contribution in [1.29, 1.82) is 0 Å². The van der Waals surface area contributed by atoms with E-state index in [9.17, 15) is 38.0 Å². The van der Waals surface area contributed by atoms with Crippen LogP contribution in [-0.4, -0.2) is 95.3 Å². The van der Waals surface area contributed by atoms with Gasteiger partial charge in [-0.1, -0.05) is 69.6 Å². The summed E-state index contributed by atoms with van der Waals surface area (Å²) in [5.41, 5.74) is 6.70. The van der Waals surface area contributed by atoms with E-state index >= 15 is 0 Å². The summed E-state index contributed by atoms with van der Waals surface area (Å²) in [4.78, 5) is 53.9. The number of methoxy groups -OCH3 is 1. The van der Waals surface area contributed by atoms with Gasteiger partial charge in [-0.15, -0.1) is 0 Å². The molecule has 15 nitrogen and oxygen atoms in total. The van der Waals surface area contributed by atoms with Gasteiger partial charge in [-0.05, 0) is 48.1 Å². The number of non-ortho nitro benzene ring substituents is 1. The fraction of sp³-hybridized carbons (Fsp3) is 0.417. The number of nitro groups is 1. The fourth-order valence-electron chi connectivity index (χ4n) is 6.17. The van der Waals surface area contributed by atoms with E-state index in [0.717, 1.165) is 19.7 Å². The molecule has 0 aliphatic carbocycles. The van der Waals surface area contributed by atoms with Gasteiger partial charge in [0.2, 0.25) is 15.9 Å². The number of nitro benzene ring substituents is 1. The Morgan fingerprint density at radius 1 is 1.08 bits per heavy atom. The number of carbonyl (C=O) groups excluding carboxylic acids is 3. The number of urea groups is 1. The highest BCUT2D eigenvalue weighted by atomic mass is 35.5. The van der Waals surface area contributed by atoms with Crippen LogP contribution in [0.25, 0.3) is 0 Å². The first kappa shape index (κ1) is 41.0. The number of benzene rings is 3. The Morgan fingerprint density at radius 3 is 2.34 bits per heavy atom. The average molecular weight is 773 g/mol. The number of imide groups is 1. The number of hydrogen-bond acceptors (Lipinski definition) is 10. The molecule has 1 aliphatic heterocycles. The predicted octanol–water partition coefficient (Wildman–Crippen LogP) is 4.06. The lowest BCUT2D eigenvalue weighted by molar-refractivity contribution is -0.385. The van der Waals surface area contributed by atoms with Gasteiger partial charge in [0.1, 0.15) is 18.3 Å². The van der Waals surface area contributed by atoms with Gasteiger partial charge >= 0.3 is 6.03 Å². The third-order valence-electron chi connectivity index (χ3n) is 8.78. The first-order valence-electron chi connectivity index (χ1n) is 16.9. The minimum Gasteiger partial charge on any atom is -0.496 e. The molecule has 4 rings (SSSR count). The molecule has 0 spiro atoms. The molecule has 0 bridgehead atoms. The standard InChI is InChI=1S/C36H45ClN6O9S/c1-22(2)18-40(53(50,51)27-12-13-28(37)29(38)17-27)20-31(44)30(15-24-9-7-6-8-10-24)39-35(46)34(23(3)4)42-21-33(45)41(36(42)47)19-25-16-26(43(48)49)11-14-32(25)52-5/h6-14,16-17,22-23,30-31,34,44H,15,18-21,38H2,1-5H3,(H,39,46)/t30-,31-,34-/m0/s1. The van der Waals surface area contributed by atoms with Crippen LogP contribution in [-0.2, 0) is 32.6 Å². The van der Waals surface area contributed by atoms with E-state index in [1.807, 2.05) is 19.9 Å². The topological polar surface area (TPSA) is 206 Å². The van der Waals surface area contributed by atoms with Crippen LogP contribution in [0.15, 0.2) is 71.6 Å². The molecule has 3 aromatic carbocycles. The smallest absolute Gasteiger partial charge is 0.328 e. The minimum atomic E-state index is -4.19. The Labute approximate surface area is 313 Å². The second kappa shape index (κ2) is 17.4. The number of anilines is 1. The molecule has 17 heteroatoms. The lowest BCUT2D eigenvalue weighted by Gasteiger charge is -2.34. The third kappa shape index (κ3) is 9.81. The fourth-order valence-corrected chi connectivity index (χ4v) is 7.95. The quantitative estimate of drug-likeness (QED) is 0.0777.